The number of hydrogen-bond donors (Lipinski definition) is 1. The summed E-state index contributed by atoms with van der Waals surface area (Å²) in [6.07, 6.45) is 2.37. The normalized spacial score (nSPS) is 11.7. The SMILES string of the molecule is Nc1nc(SCc2ccc(Cl)cc2)nn1S(=O)(=O)c1ccoc1. The smallest absolute Gasteiger partial charge is 0.289 e. The van der Waals surface area contributed by atoms with Crippen LogP contribution in [0.5, 0.6) is 0 Å². The molecule has 1 aromatic carbocycles. The second-order valence-corrected chi connectivity index (χ2v) is 7.62. The van der Waals surface area contributed by atoms with E-state index >= 15 is 0 Å². The molecule has 0 aliphatic heterocycles. The highest BCUT2D eigenvalue weighted by Crippen LogP contribution is 2.23. The van der Waals surface area contributed by atoms with E-state index in [0.29, 0.717) is 14.9 Å². The number of hydrogen-bond acceptors (Lipinski definition) is 7. The van der Waals surface area contributed by atoms with Gasteiger partial charge in [0.1, 0.15) is 11.2 Å². The Labute approximate surface area is 141 Å². The van der Waals surface area contributed by atoms with Gasteiger partial charge in [-0.25, -0.2) is 0 Å². The minimum Gasteiger partial charge on any atom is -0.471 e. The Kier molecular flexibility index (Phi) is 4.33. The molecular weight excluding hydrogens is 360 g/mol. The molecule has 120 valence electrons. The van der Waals surface area contributed by atoms with Gasteiger partial charge in [-0.2, -0.15) is 13.4 Å². The maximum absolute atomic E-state index is 12.3. The quantitative estimate of drug-likeness (QED) is 0.688. The Hall–Kier alpha value is -1.97. The van der Waals surface area contributed by atoms with Crippen LogP contribution in [0.4, 0.5) is 5.95 Å². The fourth-order valence-corrected chi connectivity index (χ4v) is 3.80. The predicted octanol–water partition coefficient (Wildman–Crippen LogP) is 2.64. The van der Waals surface area contributed by atoms with Gasteiger partial charge in [-0.3, -0.25) is 0 Å². The summed E-state index contributed by atoms with van der Waals surface area (Å²) >= 11 is 7.10. The van der Waals surface area contributed by atoms with Gasteiger partial charge in [-0.1, -0.05) is 35.5 Å². The Morgan fingerprint density at radius 2 is 2.00 bits per heavy atom. The van der Waals surface area contributed by atoms with Crippen molar-refractivity contribution >= 4 is 39.3 Å². The molecule has 0 spiro atoms. The molecule has 0 amide bonds. The van der Waals surface area contributed by atoms with Crippen molar-refractivity contribution in [3.63, 3.8) is 0 Å². The number of halogens is 1. The highest BCUT2D eigenvalue weighted by atomic mass is 35.5. The van der Waals surface area contributed by atoms with E-state index in [2.05, 4.69) is 10.1 Å². The number of thioether (sulfide) groups is 1. The summed E-state index contributed by atoms with van der Waals surface area (Å²) < 4.78 is 30.2. The predicted molar refractivity (Wildman–Crippen MR) is 86.7 cm³/mol. The van der Waals surface area contributed by atoms with Gasteiger partial charge in [0.2, 0.25) is 11.1 Å². The molecule has 23 heavy (non-hydrogen) atoms. The van der Waals surface area contributed by atoms with E-state index in [1.165, 1.54) is 24.1 Å². The summed E-state index contributed by atoms with van der Waals surface area (Å²) in [7, 11) is -3.90. The standard InChI is InChI=1S/C13H11ClN4O3S2/c14-10-3-1-9(2-4-10)8-22-13-16-12(15)18(17-13)23(19,20)11-5-6-21-7-11/h1-7H,8H2,(H2,15,16,17). The van der Waals surface area contributed by atoms with Crippen LogP contribution in [0, 0.1) is 0 Å². The van der Waals surface area contributed by atoms with Crippen LogP contribution < -0.4 is 5.73 Å². The zero-order valence-corrected chi connectivity index (χ0v) is 14.0. The fourth-order valence-electron chi connectivity index (χ4n) is 1.76. The molecular formula is C13H11ClN4O3S2. The van der Waals surface area contributed by atoms with Crippen molar-refractivity contribution in [2.45, 2.75) is 15.8 Å². The second kappa shape index (κ2) is 6.26. The number of nitrogen functional groups attached to an aromatic ring is 1. The van der Waals surface area contributed by atoms with Gasteiger partial charge in [0.25, 0.3) is 10.0 Å². The van der Waals surface area contributed by atoms with Crippen LogP contribution in [0.1, 0.15) is 5.56 Å². The van der Waals surface area contributed by atoms with Crippen LogP contribution in [0.2, 0.25) is 5.02 Å². The summed E-state index contributed by atoms with van der Waals surface area (Å²) in [5.74, 6) is 0.358. The number of nitrogens with two attached hydrogens (primary N) is 1. The molecule has 0 fully saturated rings. The topological polar surface area (TPSA) is 104 Å². The van der Waals surface area contributed by atoms with Crippen LogP contribution in [-0.4, -0.2) is 22.6 Å². The van der Waals surface area contributed by atoms with E-state index in [9.17, 15) is 8.42 Å². The zero-order valence-electron chi connectivity index (χ0n) is 11.6. The number of aromatic nitrogens is 3. The summed E-state index contributed by atoms with van der Waals surface area (Å²) in [5.41, 5.74) is 6.68. The number of rotatable bonds is 5. The molecule has 2 aromatic heterocycles. The van der Waals surface area contributed by atoms with Gasteiger partial charge in [0, 0.05) is 10.8 Å². The minimum absolute atomic E-state index is 0.0386. The first-order valence-corrected chi connectivity index (χ1v) is 9.15. The number of nitrogens with zero attached hydrogens (tertiary/aromatic N) is 3. The first-order valence-electron chi connectivity index (χ1n) is 6.34. The molecule has 3 aromatic rings. The summed E-state index contributed by atoms with van der Waals surface area (Å²) in [6, 6.07) is 8.62. The Morgan fingerprint density at radius 1 is 1.26 bits per heavy atom. The number of anilines is 1. The van der Waals surface area contributed by atoms with Crippen molar-refractivity contribution in [1.82, 2.24) is 14.2 Å². The average molecular weight is 371 g/mol. The Morgan fingerprint density at radius 3 is 2.65 bits per heavy atom. The van der Waals surface area contributed by atoms with Crippen molar-refractivity contribution in [2.24, 2.45) is 0 Å². The maximum Gasteiger partial charge on any atom is 0.289 e. The second-order valence-electron chi connectivity index (χ2n) is 4.47. The third-order valence-corrected chi connectivity index (χ3v) is 5.60. The van der Waals surface area contributed by atoms with Crippen LogP contribution in [0.15, 0.2) is 57.3 Å². The molecule has 7 nitrogen and oxygen atoms in total. The van der Waals surface area contributed by atoms with Crippen LogP contribution in [-0.2, 0) is 15.8 Å². The van der Waals surface area contributed by atoms with Crippen molar-refractivity contribution in [1.29, 1.82) is 0 Å². The third kappa shape index (κ3) is 3.36. The first-order chi connectivity index (χ1) is 11.0. The average Bonchev–Trinajstić information content (AvgIpc) is 3.17. The van der Waals surface area contributed by atoms with E-state index in [4.69, 9.17) is 21.8 Å². The van der Waals surface area contributed by atoms with E-state index in [0.717, 1.165) is 11.8 Å². The Balaban J connectivity index is 1.80. The lowest BCUT2D eigenvalue weighted by Gasteiger charge is -2.01. The van der Waals surface area contributed by atoms with Gasteiger partial charge >= 0.3 is 0 Å². The molecule has 10 heteroatoms. The molecule has 2 N–H and O–H groups in total. The van der Waals surface area contributed by atoms with Crippen molar-refractivity contribution in [3.8, 4) is 0 Å². The van der Waals surface area contributed by atoms with Crippen LogP contribution in [0.25, 0.3) is 0 Å². The third-order valence-electron chi connectivity index (χ3n) is 2.88. The summed E-state index contributed by atoms with van der Waals surface area (Å²) in [5, 5.41) is 4.88. The summed E-state index contributed by atoms with van der Waals surface area (Å²) in [6.45, 7) is 0. The van der Waals surface area contributed by atoms with Crippen molar-refractivity contribution < 1.29 is 12.8 Å². The van der Waals surface area contributed by atoms with Crippen LogP contribution >= 0.6 is 23.4 Å². The van der Waals surface area contributed by atoms with Gasteiger partial charge in [0.05, 0.1) is 6.26 Å². The molecule has 3 rings (SSSR count). The largest absolute Gasteiger partial charge is 0.471 e. The van der Waals surface area contributed by atoms with Gasteiger partial charge in [-0.15, -0.1) is 9.19 Å². The monoisotopic (exact) mass is 370 g/mol. The van der Waals surface area contributed by atoms with E-state index in [1.807, 2.05) is 12.1 Å². The lowest BCUT2D eigenvalue weighted by atomic mass is 10.2. The van der Waals surface area contributed by atoms with Gasteiger partial charge < -0.3 is 10.2 Å². The molecule has 0 atom stereocenters. The first kappa shape index (κ1) is 15.9. The summed E-state index contributed by atoms with van der Waals surface area (Å²) in [4.78, 5) is 3.94. The molecule has 0 unspecified atom stereocenters. The van der Waals surface area contributed by atoms with Gasteiger partial charge in [0.15, 0.2) is 0 Å². The highest BCUT2D eigenvalue weighted by Gasteiger charge is 2.23. The molecule has 0 radical (unpaired) electrons. The molecule has 0 saturated heterocycles. The van der Waals surface area contributed by atoms with E-state index in [-0.39, 0.29) is 16.0 Å². The lowest BCUT2D eigenvalue weighted by Crippen LogP contribution is -2.16. The minimum atomic E-state index is -3.90. The molecule has 0 aliphatic carbocycles. The van der Waals surface area contributed by atoms with E-state index in [1.54, 1.807) is 12.1 Å². The van der Waals surface area contributed by atoms with Crippen LogP contribution in [0.3, 0.4) is 0 Å². The number of benzene rings is 1. The van der Waals surface area contributed by atoms with Gasteiger partial charge in [-0.05, 0) is 23.8 Å². The molecule has 0 bridgehead atoms. The number of furan rings is 1. The van der Waals surface area contributed by atoms with E-state index < -0.39 is 10.0 Å². The Bertz CT molecular complexity index is 905. The van der Waals surface area contributed by atoms with Crippen molar-refractivity contribution in [2.75, 3.05) is 5.73 Å². The molecule has 0 aliphatic rings. The van der Waals surface area contributed by atoms with Crippen molar-refractivity contribution in [3.05, 3.63) is 53.4 Å². The lowest BCUT2D eigenvalue weighted by molar-refractivity contribution is 0.552. The fraction of sp³-hybridized carbons (Fsp3) is 0.0769. The maximum atomic E-state index is 12.3. The molecule has 0 saturated carbocycles. The highest BCUT2D eigenvalue weighted by molar-refractivity contribution is 7.98. The molecule has 2 heterocycles. The zero-order chi connectivity index (χ0) is 16.4.